The Labute approximate surface area is 137 Å². The smallest absolute Gasteiger partial charge is 0.319 e. The summed E-state index contributed by atoms with van der Waals surface area (Å²) in [5.74, 6) is 0. The summed E-state index contributed by atoms with van der Waals surface area (Å²) < 4.78 is 1.73. The molecule has 23 heavy (non-hydrogen) atoms. The molecule has 2 N–H and O–H groups in total. The van der Waals surface area contributed by atoms with Gasteiger partial charge in [0.05, 0.1) is 34.8 Å². The van der Waals surface area contributed by atoms with Crippen LogP contribution in [-0.2, 0) is 13.6 Å². The van der Waals surface area contributed by atoms with E-state index in [9.17, 15) is 4.79 Å². The zero-order valence-electron chi connectivity index (χ0n) is 13.5. The Balaban J connectivity index is 1.68. The van der Waals surface area contributed by atoms with Crippen LogP contribution < -0.4 is 10.6 Å². The van der Waals surface area contributed by atoms with Crippen LogP contribution in [0.5, 0.6) is 0 Å². The summed E-state index contributed by atoms with van der Waals surface area (Å²) in [6.07, 6.45) is 1.63. The number of amides is 2. The number of aryl methyl sites for hydroxylation is 4. The van der Waals surface area contributed by atoms with Gasteiger partial charge in [0.1, 0.15) is 0 Å². The summed E-state index contributed by atoms with van der Waals surface area (Å²) in [5.41, 5.74) is 3.28. The molecular weight excluding hydrogens is 312 g/mol. The Morgan fingerprint density at radius 1 is 1.30 bits per heavy atom. The van der Waals surface area contributed by atoms with E-state index >= 15 is 0 Å². The van der Waals surface area contributed by atoms with Crippen molar-refractivity contribution < 1.29 is 4.79 Å². The highest BCUT2D eigenvalue weighted by Gasteiger charge is 2.10. The molecule has 0 bridgehead atoms. The van der Waals surface area contributed by atoms with Crippen molar-refractivity contribution in [3.05, 3.63) is 33.5 Å². The molecule has 8 heteroatoms. The van der Waals surface area contributed by atoms with E-state index in [4.69, 9.17) is 0 Å². The number of hydrogen-bond donors (Lipinski definition) is 2. The molecular formula is C15H18N6OS. The normalized spacial score (nSPS) is 11.0. The summed E-state index contributed by atoms with van der Waals surface area (Å²) in [5, 5.41) is 11.9. The minimum absolute atomic E-state index is 0.266. The number of carbonyl (C=O) groups excluding carboxylic acids is 1. The van der Waals surface area contributed by atoms with Crippen LogP contribution >= 0.6 is 11.3 Å². The average molecular weight is 330 g/mol. The maximum absolute atomic E-state index is 12.0. The topological polar surface area (TPSA) is 84.7 Å². The largest absolute Gasteiger partial charge is 0.333 e. The van der Waals surface area contributed by atoms with E-state index < -0.39 is 0 Å². The Morgan fingerprint density at radius 3 is 2.78 bits per heavy atom. The number of nitrogens with zero attached hydrogens (tertiary/aromatic N) is 4. The van der Waals surface area contributed by atoms with E-state index in [-0.39, 0.29) is 6.03 Å². The van der Waals surface area contributed by atoms with E-state index in [2.05, 4.69) is 25.7 Å². The van der Waals surface area contributed by atoms with Gasteiger partial charge in [0, 0.05) is 17.3 Å². The molecule has 120 valence electrons. The molecule has 3 aromatic rings. The number of aromatic nitrogens is 4. The lowest BCUT2D eigenvalue weighted by Crippen LogP contribution is -2.28. The van der Waals surface area contributed by atoms with Crippen molar-refractivity contribution >= 4 is 34.1 Å². The van der Waals surface area contributed by atoms with Gasteiger partial charge in [-0.25, -0.2) is 14.8 Å². The zero-order chi connectivity index (χ0) is 16.6. The molecule has 3 heterocycles. The van der Waals surface area contributed by atoms with Gasteiger partial charge in [0.2, 0.25) is 0 Å². The van der Waals surface area contributed by atoms with E-state index in [1.165, 1.54) is 0 Å². The van der Waals surface area contributed by atoms with Gasteiger partial charge in [-0.15, -0.1) is 11.3 Å². The molecule has 3 rings (SSSR count). The van der Waals surface area contributed by atoms with E-state index in [0.717, 1.165) is 32.3 Å². The fourth-order valence-corrected chi connectivity index (χ4v) is 3.33. The molecule has 0 saturated carbocycles. The molecule has 0 fully saturated rings. The van der Waals surface area contributed by atoms with Gasteiger partial charge in [-0.3, -0.25) is 4.68 Å². The summed E-state index contributed by atoms with van der Waals surface area (Å²) in [4.78, 5) is 21.8. The van der Waals surface area contributed by atoms with Crippen molar-refractivity contribution in [2.75, 3.05) is 5.32 Å². The average Bonchev–Trinajstić information content (AvgIpc) is 2.96. The lowest BCUT2D eigenvalue weighted by atomic mass is 10.2. The predicted octanol–water partition coefficient (Wildman–Crippen LogP) is 2.67. The van der Waals surface area contributed by atoms with Crippen LogP contribution in [0.3, 0.4) is 0 Å². The number of carbonyl (C=O) groups is 1. The molecule has 0 aliphatic heterocycles. The van der Waals surface area contributed by atoms with Crippen LogP contribution in [0.4, 0.5) is 10.5 Å². The SMILES string of the molecule is Cc1nc(C)c(CNC(=O)Nc2cnc3c(c2)c(C)nn3C)s1. The zero-order valence-corrected chi connectivity index (χ0v) is 14.3. The second-order valence-corrected chi connectivity index (χ2v) is 6.64. The van der Waals surface area contributed by atoms with Gasteiger partial charge in [-0.1, -0.05) is 0 Å². The highest BCUT2D eigenvalue weighted by atomic mass is 32.1. The number of fused-ring (bicyclic) bond motifs is 1. The monoisotopic (exact) mass is 330 g/mol. The first kappa shape index (κ1) is 15.4. The van der Waals surface area contributed by atoms with Crippen molar-refractivity contribution in [3.8, 4) is 0 Å². The van der Waals surface area contributed by atoms with Crippen LogP contribution in [0.2, 0.25) is 0 Å². The third-order valence-corrected chi connectivity index (χ3v) is 4.60. The second-order valence-electron chi connectivity index (χ2n) is 5.35. The standard InChI is InChI=1S/C15H18N6OS/c1-8-12-5-11(6-16-14(12)21(4)20-8)19-15(22)17-7-13-9(2)18-10(3)23-13/h5-6H,7H2,1-4H3,(H2,17,19,22). The molecule has 0 aliphatic carbocycles. The summed E-state index contributed by atoms with van der Waals surface area (Å²) >= 11 is 1.59. The number of nitrogens with one attached hydrogen (secondary N) is 2. The minimum atomic E-state index is -0.266. The van der Waals surface area contributed by atoms with Crippen molar-refractivity contribution in [3.63, 3.8) is 0 Å². The lowest BCUT2D eigenvalue weighted by molar-refractivity contribution is 0.252. The van der Waals surface area contributed by atoms with Crippen LogP contribution in [-0.4, -0.2) is 25.8 Å². The first-order valence-corrected chi connectivity index (χ1v) is 8.03. The van der Waals surface area contributed by atoms with Crippen LogP contribution in [0.15, 0.2) is 12.3 Å². The van der Waals surface area contributed by atoms with Gasteiger partial charge in [-0.05, 0) is 26.8 Å². The van der Waals surface area contributed by atoms with Gasteiger partial charge in [-0.2, -0.15) is 5.10 Å². The maximum atomic E-state index is 12.0. The number of hydrogen-bond acceptors (Lipinski definition) is 5. The fraction of sp³-hybridized carbons (Fsp3) is 0.333. The molecule has 0 saturated heterocycles. The van der Waals surface area contributed by atoms with Crippen molar-refractivity contribution in [2.24, 2.45) is 7.05 Å². The first-order chi connectivity index (χ1) is 10.9. The lowest BCUT2D eigenvalue weighted by Gasteiger charge is -2.07. The summed E-state index contributed by atoms with van der Waals surface area (Å²) in [6.45, 7) is 6.29. The molecule has 0 radical (unpaired) electrons. The van der Waals surface area contributed by atoms with Crippen molar-refractivity contribution in [1.82, 2.24) is 25.1 Å². The maximum Gasteiger partial charge on any atom is 0.319 e. The first-order valence-electron chi connectivity index (χ1n) is 7.21. The molecule has 7 nitrogen and oxygen atoms in total. The third kappa shape index (κ3) is 3.16. The number of anilines is 1. The van der Waals surface area contributed by atoms with E-state index in [0.29, 0.717) is 12.2 Å². The Hall–Kier alpha value is -2.48. The number of rotatable bonds is 3. The second kappa shape index (κ2) is 5.96. The molecule has 0 aromatic carbocycles. The molecule has 0 atom stereocenters. The fourth-order valence-electron chi connectivity index (χ4n) is 2.45. The van der Waals surface area contributed by atoms with E-state index in [1.807, 2.05) is 33.9 Å². The summed E-state index contributed by atoms with van der Waals surface area (Å²) in [7, 11) is 1.85. The Morgan fingerprint density at radius 2 is 2.09 bits per heavy atom. The van der Waals surface area contributed by atoms with Gasteiger partial charge in [0.15, 0.2) is 5.65 Å². The molecule has 0 aliphatic rings. The van der Waals surface area contributed by atoms with Gasteiger partial charge < -0.3 is 10.6 Å². The number of urea groups is 1. The van der Waals surface area contributed by atoms with Gasteiger partial charge >= 0.3 is 6.03 Å². The van der Waals surface area contributed by atoms with Crippen molar-refractivity contribution in [2.45, 2.75) is 27.3 Å². The number of thiazole rings is 1. The molecule has 2 amide bonds. The van der Waals surface area contributed by atoms with Crippen LogP contribution in [0.1, 0.15) is 21.3 Å². The third-order valence-electron chi connectivity index (χ3n) is 3.53. The Kier molecular flexibility index (Phi) is 3.99. The number of pyridine rings is 1. The van der Waals surface area contributed by atoms with E-state index in [1.54, 1.807) is 22.2 Å². The Bertz CT molecular complexity index is 882. The predicted molar refractivity (Wildman–Crippen MR) is 90.7 cm³/mol. The minimum Gasteiger partial charge on any atom is -0.333 e. The quantitative estimate of drug-likeness (QED) is 0.773. The highest BCUT2D eigenvalue weighted by molar-refractivity contribution is 7.11. The van der Waals surface area contributed by atoms with Gasteiger partial charge in [0.25, 0.3) is 0 Å². The van der Waals surface area contributed by atoms with Crippen molar-refractivity contribution in [1.29, 1.82) is 0 Å². The molecule has 0 spiro atoms. The molecule has 0 unspecified atom stereocenters. The molecule has 3 aromatic heterocycles. The summed E-state index contributed by atoms with van der Waals surface area (Å²) in [6, 6.07) is 1.62. The highest BCUT2D eigenvalue weighted by Crippen LogP contribution is 2.19. The van der Waals surface area contributed by atoms with Crippen LogP contribution in [0.25, 0.3) is 11.0 Å². The van der Waals surface area contributed by atoms with Crippen LogP contribution in [0, 0.1) is 20.8 Å².